The molecule has 3 heterocycles. The third-order valence-electron chi connectivity index (χ3n) is 4.56. The molecule has 0 aliphatic carbocycles. The first-order valence-corrected chi connectivity index (χ1v) is 8.10. The van der Waals surface area contributed by atoms with Crippen LogP contribution in [0, 0.1) is 0 Å². The maximum Gasteiger partial charge on any atom is 0.254 e. The molecule has 0 atom stereocenters. The highest BCUT2D eigenvalue weighted by molar-refractivity contribution is 5.99. The van der Waals surface area contributed by atoms with E-state index in [-0.39, 0.29) is 5.91 Å². The molecule has 25 heavy (non-hydrogen) atoms. The van der Waals surface area contributed by atoms with Gasteiger partial charge in [-0.2, -0.15) is 5.10 Å². The fraction of sp³-hybridized carbons (Fsp3) is 0.222. The van der Waals surface area contributed by atoms with E-state index >= 15 is 0 Å². The smallest absolute Gasteiger partial charge is 0.254 e. The lowest BCUT2D eigenvalue weighted by atomic mass is 10.0. The van der Waals surface area contributed by atoms with Crippen molar-refractivity contribution in [3.63, 3.8) is 0 Å². The third-order valence-corrected chi connectivity index (χ3v) is 4.56. The van der Waals surface area contributed by atoms with Gasteiger partial charge in [-0.1, -0.05) is 6.08 Å². The lowest BCUT2D eigenvalue weighted by Gasteiger charge is -2.26. The summed E-state index contributed by atoms with van der Waals surface area (Å²) < 4.78 is 1.86. The Morgan fingerprint density at radius 1 is 1.24 bits per heavy atom. The summed E-state index contributed by atoms with van der Waals surface area (Å²) in [6.07, 6.45) is 6.11. The maximum absolute atomic E-state index is 12.8. The van der Waals surface area contributed by atoms with Crippen LogP contribution in [0.2, 0.25) is 0 Å². The van der Waals surface area contributed by atoms with Crippen molar-refractivity contribution in [3.8, 4) is 0 Å². The number of carbonyl (C=O) groups is 1. The van der Waals surface area contributed by atoms with Gasteiger partial charge in [-0.25, -0.2) is 9.97 Å². The molecule has 7 heteroatoms. The number of rotatable bonds is 2. The molecule has 1 aliphatic rings. The Bertz CT molecular complexity index is 990. The van der Waals surface area contributed by atoms with E-state index in [9.17, 15) is 4.79 Å². The molecule has 1 aliphatic heterocycles. The molecule has 0 radical (unpaired) electrons. The first-order chi connectivity index (χ1) is 12.1. The monoisotopic (exact) mass is 334 g/mol. The molecule has 0 unspecified atom stereocenters. The number of aromatic nitrogens is 4. The van der Waals surface area contributed by atoms with Gasteiger partial charge >= 0.3 is 0 Å². The van der Waals surface area contributed by atoms with Crippen LogP contribution in [-0.4, -0.2) is 43.6 Å². The normalized spacial score (nSPS) is 14.6. The molecule has 2 aromatic heterocycles. The summed E-state index contributed by atoms with van der Waals surface area (Å²) in [7, 11) is 1.93. The minimum atomic E-state index is -0.000565. The molecular formula is C18H18N6O. The van der Waals surface area contributed by atoms with Gasteiger partial charge in [-0.3, -0.25) is 9.48 Å². The van der Waals surface area contributed by atoms with Crippen molar-refractivity contribution >= 4 is 28.2 Å². The van der Waals surface area contributed by atoms with Crippen LogP contribution in [-0.2, 0) is 7.05 Å². The summed E-state index contributed by atoms with van der Waals surface area (Å²) >= 11 is 0. The van der Waals surface area contributed by atoms with Crippen molar-refractivity contribution in [2.24, 2.45) is 7.05 Å². The summed E-state index contributed by atoms with van der Waals surface area (Å²) in [6.45, 7) is 1.27. The molecule has 0 fully saturated rings. The summed E-state index contributed by atoms with van der Waals surface area (Å²) in [4.78, 5) is 22.8. The number of fused-ring (bicyclic) bond motifs is 1. The molecule has 0 saturated heterocycles. The third kappa shape index (κ3) is 2.73. The Hall–Kier alpha value is -3.22. The van der Waals surface area contributed by atoms with Crippen LogP contribution >= 0.6 is 0 Å². The number of anilines is 1. The van der Waals surface area contributed by atoms with Gasteiger partial charge in [0, 0.05) is 37.3 Å². The largest absolute Gasteiger partial charge is 0.383 e. The molecule has 1 aromatic carbocycles. The van der Waals surface area contributed by atoms with E-state index in [4.69, 9.17) is 5.73 Å². The SMILES string of the molecule is Cn1nccc1C1=CCN(C(=O)c2ccc3c(N)ncnc3c2)CC1. The number of nitrogens with zero attached hydrogens (tertiary/aromatic N) is 5. The lowest BCUT2D eigenvalue weighted by Crippen LogP contribution is -2.34. The molecule has 0 saturated carbocycles. The molecule has 0 bridgehead atoms. The van der Waals surface area contributed by atoms with Crippen LogP contribution < -0.4 is 5.73 Å². The highest BCUT2D eigenvalue weighted by Crippen LogP contribution is 2.24. The standard InChI is InChI=1S/C18H18N6O/c1-23-16(4-7-22-23)12-5-8-24(9-6-12)18(25)13-2-3-14-15(10-13)20-11-21-17(14)19/h2-5,7,10-11H,6,8-9H2,1H3,(H2,19,20,21). The zero-order valence-corrected chi connectivity index (χ0v) is 13.9. The van der Waals surface area contributed by atoms with Crippen molar-refractivity contribution < 1.29 is 4.79 Å². The Kier molecular flexibility index (Phi) is 3.68. The van der Waals surface area contributed by atoms with Gasteiger partial charge in [0.15, 0.2) is 0 Å². The first-order valence-electron chi connectivity index (χ1n) is 8.10. The van der Waals surface area contributed by atoms with Crippen molar-refractivity contribution in [1.82, 2.24) is 24.6 Å². The van der Waals surface area contributed by atoms with Crippen molar-refractivity contribution in [2.75, 3.05) is 18.8 Å². The lowest BCUT2D eigenvalue weighted by molar-refractivity contribution is 0.0773. The average molecular weight is 334 g/mol. The van der Waals surface area contributed by atoms with Gasteiger partial charge in [-0.05, 0) is 36.3 Å². The predicted molar refractivity (Wildman–Crippen MR) is 95.7 cm³/mol. The summed E-state index contributed by atoms with van der Waals surface area (Å²) in [6, 6.07) is 7.36. The molecule has 3 aromatic rings. The van der Waals surface area contributed by atoms with Crippen molar-refractivity contribution in [2.45, 2.75) is 6.42 Å². The topological polar surface area (TPSA) is 89.9 Å². The Morgan fingerprint density at radius 3 is 2.84 bits per heavy atom. The van der Waals surface area contributed by atoms with E-state index in [1.165, 1.54) is 11.9 Å². The van der Waals surface area contributed by atoms with Gasteiger partial charge in [0.1, 0.15) is 12.1 Å². The fourth-order valence-corrected chi connectivity index (χ4v) is 3.17. The second-order valence-electron chi connectivity index (χ2n) is 6.06. The fourth-order valence-electron chi connectivity index (χ4n) is 3.17. The minimum Gasteiger partial charge on any atom is -0.383 e. The summed E-state index contributed by atoms with van der Waals surface area (Å²) in [5.41, 5.74) is 9.46. The maximum atomic E-state index is 12.8. The number of benzene rings is 1. The number of aryl methyl sites for hydroxylation is 1. The van der Waals surface area contributed by atoms with Crippen molar-refractivity contribution in [3.05, 3.63) is 54.1 Å². The zero-order chi connectivity index (χ0) is 17.4. The Labute approximate surface area is 144 Å². The van der Waals surface area contributed by atoms with Gasteiger partial charge in [0.25, 0.3) is 5.91 Å². The van der Waals surface area contributed by atoms with Crippen LogP contribution in [0.15, 0.2) is 42.9 Å². The summed E-state index contributed by atoms with van der Waals surface area (Å²) in [5.74, 6) is 0.421. The molecular weight excluding hydrogens is 316 g/mol. The molecule has 7 nitrogen and oxygen atoms in total. The Morgan fingerprint density at radius 2 is 2.12 bits per heavy atom. The number of nitrogens with two attached hydrogens (primary N) is 1. The van der Waals surface area contributed by atoms with Crippen LogP contribution in [0.3, 0.4) is 0 Å². The van der Waals surface area contributed by atoms with E-state index in [1.54, 1.807) is 24.4 Å². The quantitative estimate of drug-likeness (QED) is 0.773. The van der Waals surface area contributed by atoms with Gasteiger partial charge in [0.2, 0.25) is 0 Å². The average Bonchev–Trinajstić information content (AvgIpc) is 3.07. The molecule has 0 spiro atoms. The predicted octanol–water partition coefficient (Wildman–Crippen LogP) is 1.88. The van der Waals surface area contributed by atoms with Crippen molar-refractivity contribution in [1.29, 1.82) is 0 Å². The number of hydrogen-bond acceptors (Lipinski definition) is 5. The molecule has 2 N–H and O–H groups in total. The van der Waals surface area contributed by atoms with Gasteiger partial charge in [0.05, 0.1) is 11.2 Å². The molecule has 126 valence electrons. The van der Waals surface area contributed by atoms with E-state index in [0.717, 1.165) is 17.5 Å². The van der Waals surface area contributed by atoms with Crippen LogP contribution in [0.1, 0.15) is 22.5 Å². The van der Waals surface area contributed by atoms with E-state index < -0.39 is 0 Å². The van der Waals surface area contributed by atoms with Crippen LogP contribution in [0.4, 0.5) is 5.82 Å². The summed E-state index contributed by atoms with van der Waals surface area (Å²) in [5, 5.41) is 4.96. The Balaban J connectivity index is 1.56. The number of hydrogen-bond donors (Lipinski definition) is 1. The second-order valence-corrected chi connectivity index (χ2v) is 6.06. The van der Waals surface area contributed by atoms with E-state index in [0.29, 0.717) is 30.0 Å². The number of carbonyl (C=O) groups excluding carboxylic acids is 1. The van der Waals surface area contributed by atoms with E-state index in [2.05, 4.69) is 21.1 Å². The van der Waals surface area contributed by atoms with Crippen LogP contribution in [0.25, 0.3) is 16.5 Å². The van der Waals surface area contributed by atoms with Gasteiger partial charge in [-0.15, -0.1) is 0 Å². The van der Waals surface area contributed by atoms with Gasteiger partial charge < -0.3 is 10.6 Å². The highest BCUT2D eigenvalue weighted by Gasteiger charge is 2.20. The molecule has 4 rings (SSSR count). The number of nitrogen functional groups attached to an aromatic ring is 1. The van der Waals surface area contributed by atoms with E-state index in [1.807, 2.05) is 22.7 Å². The van der Waals surface area contributed by atoms with Crippen LogP contribution in [0.5, 0.6) is 0 Å². The first kappa shape index (κ1) is 15.3. The minimum absolute atomic E-state index is 0.000565. The zero-order valence-electron chi connectivity index (χ0n) is 13.9. The highest BCUT2D eigenvalue weighted by atomic mass is 16.2. The molecule has 1 amide bonds. The second kappa shape index (κ2) is 6.01. The number of amides is 1.